The Balaban J connectivity index is 2.10. The Labute approximate surface area is 143 Å². The molecule has 25 heavy (non-hydrogen) atoms. The number of nitrogens with zero attached hydrogens (tertiary/aromatic N) is 2. The minimum atomic E-state index is -4.40. The minimum absolute atomic E-state index is 0.0729. The summed E-state index contributed by atoms with van der Waals surface area (Å²) in [5.74, 6) is -0.327. The van der Waals surface area contributed by atoms with Gasteiger partial charge in [-0.25, -0.2) is 4.98 Å². The Hall–Kier alpha value is -2.64. The highest BCUT2D eigenvalue weighted by molar-refractivity contribution is 5.92. The Bertz CT molecular complexity index is 748. The maximum atomic E-state index is 12.2. The van der Waals surface area contributed by atoms with Crippen molar-refractivity contribution in [2.75, 3.05) is 13.2 Å². The van der Waals surface area contributed by atoms with E-state index in [9.17, 15) is 18.0 Å². The summed E-state index contributed by atoms with van der Waals surface area (Å²) in [4.78, 5) is 19.8. The first kappa shape index (κ1) is 18.7. The highest BCUT2D eigenvalue weighted by Gasteiger charge is 2.28. The molecule has 0 unspecified atom stereocenters. The summed E-state index contributed by atoms with van der Waals surface area (Å²) in [5, 5.41) is 2.68. The lowest BCUT2D eigenvalue weighted by atomic mass is 10.0. The predicted molar refractivity (Wildman–Crippen MR) is 85.6 cm³/mol. The van der Waals surface area contributed by atoms with Gasteiger partial charge in [-0.2, -0.15) is 13.2 Å². The molecule has 0 fully saturated rings. The van der Waals surface area contributed by atoms with Crippen molar-refractivity contribution in [3.05, 3.63) is 53.0 Å². The van der Waals surface area contributed by atoms with Gasteiger partial charge in [-0.3, -0.25) is 9.78 Å². The number of aryl methyl sites for hydroxylation is 1. The van der Waals surface area contributed by atoms with E-state index >= 15 is 0 Å². The molecule has 134 valence electrons. The number of hydrogen-bond donors (Lipinski definition) is 1. The van der Waals surface area contributed by atoms with Gasteiger partial charge in [0.1, 0.15) is 5.69 Å². The summed E-state index contributed by atoms with van der Waals surface area (Å²) in [6, 6.07) is 4.92. The highest BCUT2D eigenvalue weighted by atomic mass is 19.4. The van der Waals surface area contributed by atoms with Gasteiger partial charge in [0.15, 0.2) is 6.61 Å². The average Bonchev–Trinajstić information content (AvgIpc) is 2.55. The van der Waals surface area contributed by atoms with Crippen LogP contribution >= 0.6 is 0 Å². The highest BCUT2D eigenvalue weighted by Crippen LogP contribution is 2.20. The number of aromatic nitrogens is 2. The van der Waals surface area contributed by atoms with Gasteiger partial charge >= 0.3 is 6.18 Å². The van der Waals surface area contributed by atoms with Crippen LogP contribution in [0.15, 0.2) is 30.6 Å². The average molecular weight is 353 g/mol. The number of carbonyl (C=O) groups is 1. The lowest BCUT2D eigenvalue weighted by molar-refractivity contribution is -0.154. The summed E-state index contributed by atoms with van der Waals surface area (Å²) in [6.45, 7) is 2.72. The summed E-state index contributed by atoms with van der Waals surface area (Å²) in [6.07, 6.45) is -0.898. The molecule has 2 aromatic rings. The summed E-state index contributed by atoms with van der Waals surface area (Å²) < 4.78 is 41.2. The number of halogens is 3. The molecule has 0 bridgehead atoms. The van der Waals surface area contributed by atoms with Crippen LogP contribution in [0, 0.1) is 6.92 Å². The second kappa shape index (κ2) is 7.96. The molecule has 1 N–H and O–H groups in total. The van der Waals surface area contributed by atoms with Crippen molar-refractivity contribution in [2.45, 2.75) is 26.4 Å². The third-order valence-electron chi connectivity index (χ3n) is 3.37. The van der Waals surface area contributed by atoms with E-state index in [1.54, 1.807) is 25.3 Å². The number of pyridine rings is 2. The second-order valence-corrected chi connectivity index (χ2v) is 5.44. The van der Waals surface area contributed by atoms with Crippen molar-refractivity contribution in [2.24, 2.45) is 0 Å². The third kappa shape index (κ3) is 5.74. The molecule has 1 amide bonds. The second-order valence-electron chi connectivity index (χ2n) is 5.44. The Kier molecular flexibility index (Phi) is 5.95. The lowest BCUT2D eigenvalue weighted by Gasteiger charge is -2.11. The molecule has 0 atom stereocenters. The number of carbonyl (C=O) groups excluding carboxylic acids is 1. The Morgan fingerprint density at radius 1 is 1.28 bits per heavy atom. The summed E-state index contributed by atoms with van der Waals surface area (Å²) >= 11 is 0. The van der Waals surface area contributed by atoms with Gasteiger partial charge < -0.3 is 10.1 Å². The molecule has 0 aliphatic rings. The molecule has 0 radical (unpaired) electrons. The molecule has 2 heterocycles. The molecule has 2 rings (SSSR count). The number of amides is 1. The standard InChI is InChI=1S/C17H18F3N3O2/c1-3-21-16(24)14-8-12(4-5-22-14)7-13-9-23-15(6-11(13)2)25-10-17(18,19)20/h4-6,8-9H,3,7,10H2,1-2H3,(H,21,24). The van der Waals surface area contributed by atoms with Crippen LogP contribution < -0.4 is 10.1 Å². The van der Waals surface area contributed by atoms with E-state index in [2.05, 4.69) is 20.0 Å². The van der Waals surface area contributed by atoms with Crippen molar-refractivity contribution in [1.29, 1.82) is 0 Å². The van der Waals surface area contributed by atoms with Gasteiger partial charge in [-0.1, -0.05) is 0 Å². The first-order valence-electron chi connectivity index (χ1n) is 7.66. The molecule has 0 aliphatic heterocycles. The van der Waals surface area contributed by atoms with Crippen molar-refractivity contribution in [3.8, 4) is 5.88 Å². The van der Waals surface area contributed by atoms with Crippen LogP contribution in [-0.2, 0) is 6.42 Å². The Morgan fingerprint density at radius 2 is 2.04 bits per heavy atom. The predicted octanol–water partition coefficient (Wildman–Crippen LogP) is 3.07. The fraction of sp³-hybridized carbons (Fsp3) is 0.353. The molecule has 0 saturated carbocycles. The Morgan fingerprint density at radius 3 is 2.68 bits per heavy atom. The number of nitrogens with one attached hydrogen (secondary N) is 1. The van der Waals surface area contributed by atoms with Gasteiger partial charge in [-0.05, 0) is 49.1 Å². The molecule has 0 aromatic carbocycles. The smallest absolute Gasteiger partial charge is 0.422 e. The van der Waals surface area contributed by atoms with E-state index in [4.69, 9.17) is 0 Å². The molecule has 0 aliphatic carbocycles. The van der Waals surface area contributed by atoms with Crippen molar-refractivity contribution in [3.63, 3.8) is 0 Å². The van der Waals surface area contributed by atoms with Crippen LogP contribution in [0.3, 0.4) is 0 Å². The molecule has 0 spiro atoms. The van der Waals surface area contributed by atoms with Gasteiger partial charge in [-0.15, -0.1) is 0 Å². The summed E-state index contributed by atoms with van der Waals surface area (Å²) in [7, 11) is 0. The number of alkyl halides is 3. The van der Waals surface area contributed by atoms with Crippen LogP contribution in [0.2, 0.25) is 0 Å². The third-order valence-corrected chi connectivity index (χ3v) is 3.37. The van der Waals surface area contributed by atoms with Crippen molar-refractivity contribution >= 4 is 5.91 Å². The number of hydrogen-bond acceptors (Lipinski definition) is 4. The fourth-order valence-corrected chi connectivity index (χ4v) is 2.16. The molecule has 0 saturated heterocycles. The van der Waals surface area contributed by atoms with Gasteiger partial charge in [0, 0.05) is 25.0 Å². The van der Waals surface area contributed by atoms with Crippen LogP contribution in [0.25, 0.3) is 0 Å². The number of rotatable bonds is 6. The maximum absolute atomic E-state index is 12.2. The maximum Gasteiger partial charge on any atom is 0.422 e. The molecule has 8 heteroatoms. The van der Waals surface area contributed by atoms with E-state index < -0.39 is 12.8 Å². The molecule has 5 nitrogen and oxygen atoms in total. The quantitative estimate of drug-likeness (QED) is 0.867. The SMILES string of the molecule is CCNC(=O)c1cc(Cc2cnc(OCC(F)(F)F)cc2C)ccn1. The van der Waals surface area contributed by atoms with E-state index in [0.29, 0.717) is 18.7 Å². The largest absolute Gasteiger partial charge is 0.468 e. The number of ether oxygens (including phenoxy) is 1. The fourth-order valence-electron chi connectivity index (χ4n) is 2.16. The first-order chi connectivity index (χ1) is 11.8. The minimum Gasteiger partial charge on any atom is -0.468 e. The normalized spacial score (nSPS) is 11.2. The molecular weight excluding hydrogens is 335 g/mol. The van der Waals surface area contributed by atoms with Gasteiger partial charge in [0.25, 0.3) is 5.91 Å². The van der Waals surface area contributed by atoms with Crippen LogP contribution in [-0.4, -0.2) is 35.2 Å². The van der Waals surface area contributed by atoms with Crippen molar-refractivity contribution in [1.82, 2.24) is 15.3 Å². The van der Waals surface area contributed by atoms with Crippen LogP contribution in [0.5, 0.6) is 5.88 Å². The topological polar surface area (TPSA) is 64.1 Å². The van der Waals surface area contributed by atoms with Gasteiger partial charge in [0.2, 0.25) is 5.88 Å². The van der Waals surface area contributed by atoms with E-state index in [1.807, 2.05) is 6.92 Å². The summed E-state index contributed by atoms with van der Waals surface area (Å²) in [5.41, 5.74) is 2.75. The molecule has 2 aromatic heterocycles. The lowest BCUT2D eigenvalue weighted by Crippen LogP contribution is -2.23. The zero-order chi connectivity index (χ0) is 18.4. The molecular formula is C17H18F3N3O2. The zero-order valence-corrected chi connectivity index (χ0v) is 13.9. The van der Waals surface area contributed by atoms with Crippen molar-refractivity contribution < 1.29 is 22.7 Å². The monoisotopic (exact) mass is 353 g/mol. The van der Waals surface area contributed by atoms with Gasteiger partial charge in [0.05, 0.1) is 0 Å². The zero-order valence-electron chi connectivity index (χ0n) is 13.9. The first-order valence-corrected chi connectivity index (χ1v) is 7.66. The van der Waals surface area contributed by atoms with E-state index in [0.717, 1.165) is 16.7 Å². The van der Waals surface area contributed by atoms with E-state index in [1.165, 1.54) is 12.3 Å². The van der Waals surface area contributed by atoms with Crippen LogP contribution in [0.1, 0.15) is 34.1 Å². The van der Waals surface area contributed by atoms with Crippen LogP contribution in [0.4, 0.5) is 13.2 Å². The van der Waals surface area contributed by atoms with E-state index in [-0.39, 0.29) is 11.8 Å².